The standard InChI is InChI=1S/C9H18O.C8H16O/c1-9(10)7-5-3-2-4-6-8-9;1-7(9)8-5-3-2-4-6-8/h10H,2-8H2,1H3;7-9H,2-6H2,1H3. The molecule has 0 bridgehead atoms. The van der Waals surface area contributed by atoms with E-state index in [1.165, 1.54) is 64.2 Å². The Bertz CT molecular complexity index is 207. The zero-order chi connectivity index (χ0) is 14.1. The molecule has 0 amide bonds. The zero-order valence-electron chi connectivity index (χ0n) is 13.0. The van der Waals surface area contributed by atoms with Crippen LogP contribution in [0.3, 0.4) is 0 Å². The van der Waals surface area contributed by atoms with Crippen molar-refractivity contribution in [2.75, 3.05) is 0 Å². The monoisotopic (exact) mass is 270 g/mol. The fraction of sp³-hybridized carbons (Fsp3) is 1.00. The molecule has 2 nitrogen and oxygen atoms in total. The van der Waals surface area contributed by atoms with Gasteiger partial charge in [0.15, 0.2) is 0 Å². The average molecular weight is 270 g/mol. The summed E-state index contributed by atoms with van der Waals surface area (Å²) in [6.07, 6.45) is 14.9. The summed E-state index contributed by atoms with van der Waals surface area (Å²) in [5.41, 5.74) is -0.347. The van der Waals surface area contributed by atoms with Gasteiger partial charge in [-0.15, -0.1) is 0 Å². The van der Waals surface area contributed by atoms with Crippen molar-refractivity contribution in [3.05, 3.63) is 0 Å². The first-order valence-corrected chi connectivity index (χ1v) is 8.42. The van der Waals surface area contributed by atoms with Gasteiger partial charge in [-0.2, -0.15) is 0 Å². The minimum absolute atomic E-state index is 0.0645. The van der Waals surface area contributed by atoms with Crippen molar-refractivity contribution in [3.8, 4) is 0 Å². The molecule has 2 aliphatic rings. The molecule has 0 aromatic rings. The van der Waals surface area contributed by atoms with E-state index in [-0.39, 0.29) is 11.7 Å². The van der Waals surface area contributed by atoms with Crippen molar-refractivity contribution in [1.29, 1.82) is 0 Å². The van der Waals surface area contributed by atoms with Crippen molar-refractivity contribution in [2.24, 2.45) is 5.92 Å². The summed E-state index contributed by atoms with van der Waals surface area (Å²) in [7, 11) is 0. The molecular weight excluding hydrogens is 236 g/mol. The van der Waals surface area contributed by atoms with Gasteiger partial charge in [0.1, 0.15) is 0 Å². The third-order valence-corrected chi connectivity index (χ3v) is 4.76. The lowest BCUT2D eigenvalue weighted by Gasteiger charge is -2.25. The molecule has 1 unspecified atom stereocenters. The lowest BCUT2D eigenvalue weighted by Crippen LogP contribution is -2.24. The molecule has 2 N–H and O–H groups in total. The van der Waals surface area contributed by atoms with Gasteiger partial charge < -0.3 is 10.2 Å². The van der Waals surface area contributed by atoms with Gasteiger partial charge in [-0.25, -0.2) is 0 Å². The largest absolute Gasteiger partial charge is 0.393 e. The summed E-state index contributed by atoms with van der Waals surface area (Å²) in [5, 5.41) is 18.9. The highest BCUT2D eigenvalue weighted by Gasteiger charge is 2.20. The molecule has 0 saturated heterocycles. The first-order valence-electron chi connectivity index (χ1n) is 8.42. The molecule has 0 radical (unpaired) electrons. The molecule has 0 heterocycles. The fourth-order valence-corrected chi connectivity index (χ4v) is 3.28. The predicted molar refractivity (Wildman–Crippen MR) is 81.2 cm³/mol. The average Bonchev–Trinajstić information content (AvgIpc) is 2.37. The number of aliphatic hydroxyl groups excluding tert-OH is 1. The van der Waals surface area contributed by atoms with E-state index in [1.54, 1.807) is 0 Å². The normalized spacial score (nSPS) is 26.5. The second-order valence-corrected chi connectivity index (χ2v) is 6.90. The molecule has 2 rings (SSSR count). The molecule has 0 spiro atoms. The molecular formula is C17H34O2. The quantitative estimate of drug-likeness (QED) is 0.740. The predicted octanol–water partition coefficient (Wildman–Crippen LogP) is 4.43. The maximum Gasteiger partial charge on any atom is 0.0619 e. The summed E-state index contributed by atoms with van der Waals surface area (Å²) in [6, 6.07) is 0. The Hall–Kier alpha value is -0.0800. The highest BCUT2D eigenvalue weighted by molar-refractivity contribution is 4.74. The molecule has 0 aromatic carbocycles. The highest BCUT2D eigenvalue weighted by atomic mass is 16.3. The van der Waals surface area contributed by atoms with Crippen LogP contribution in [0.15, 0.2) is 0 Å². The third kappa shape index (κ3) is 7.94. The van der Waals surface area contributed by atoms with E-state index in [2.05, 4.69) is 0 Å². The van der Waals surface area contributed by atoms with Gasteiger partial charge in [0.25, 0.3) is 0 Å². The molecule has 114 valence electrons. The van der Waals surface area contributed by atoms with Crippen molar-refractivity contribution in [2.45, 2.75) is 103 Å². The topological polar surface area (TPSA) is 40.5 Å². The van der Waals surface area contributed by atoms with Crippen LogP contribution in [-0.4, -0.2) is 21.9 Å². The number of rotatable bonds is 1. The minimum Gasteiger partial charge on any atom is -0.393 e. The Balaban J connectivity index is 0.000000191. The van der Waals surface area contributed by atoms with Crippen molar-refractivity contribution >= 4 is 0 Å². The minimum atomic E-state index is -0.347. The van der Waals surface area contributed by atoms with Crippen LogP contribution < -0.4 is 0 Å². The third-order valence-electron chi connectivity index (χ3n) is 4.76. The van der Waals surface area contributed by atoms with Gasteiger partial charge >= 0.3 is 0 Å². The van der Waals surface area contributed by atoms with Crippen molar-refractivity contribution in [1.82, 2.24) is 0 Å². The Morgan fingerprint density at radius 2 is 1.26 bits per heavy atom. The molecule has 2 aliphatic carbocycles. The second-order valence-electron chi connectivity index (χ2n) is 6.90. The van der Waals surface area contributed by atoms with Gasteiger partial charge in [0.2, 0.25) is 0 Å². The molecule has 19 heavy (non-hydrogen) atoms. The van der Waals surface area contributed by atoms with Crippen LogP contribution in [0.25, 0.3) is 0 Å². The number of hydrogen-bond acceptors (Lipinski definition) is 2. The summed E-state index contributed by atoms with van der Waals surface area (Å²) >= 11 is 0. The van der Waals surface area contributed by atoms with Crippen LogP contribution in [0.1, 0.15) is 90.9 Å². The number of aliphatic hydroxyl groups is 2. The van der Waals surface area contributed by atoms with Gasteiger partial charge in [0, 0.05) is 0 Å². The van der Waals surface area contributed by atoms with Crippen LogP contribution >= 0.6 is 0 Å². The summed E-state index contributed by atoms with van der Waals surface area (Å²) < 4.78 is 0. The van der Waals surface area contributed by atoms with E-state index in [0.29, 0.717) is 5.92 Å². The van der Waals surface area contributed by atoms with E-state index in [9.17, 15) is 10.2 Å². The summed E-state index contributed by atoms with van der Waals surface area (Å²) in [6.45, 7) is 3.88. The summed E-state index contributed by atoms with van der Waals surface area (Å²) in [5.74, 6) is 0.610. The summed E-state index contributed by atoms with van der Waals surface area (Å²) in [4.78, 5) is 0. The lowest BCUT2D eigenvalue weighted by atomic mass is 9.86. The Kier molecular flexibility index (Phi) is 8.01. The van der Waals surface area contributed by atoms with Gasteiger partial charge in [0.05, 0.1) is 11.7 Å². The number of hydrogen-bond donors (Lipinski definition) is 2. The fourth-order valence-electron chi connectivity index (χ4n) is 3.28. The van der Waals surface area contributed by atoms with Gasteiger partial charge in [-0.1, -0.05) is 51.4 Å². The maximum atomic E-state index is 9.68. The first-order chi connectivity index (χ1) is 9.01. The molecule has 2 heteroatoms. The van der Waals surface area contributed by atoms with Crippen molar-refractivity contribution < 1.29 is 10.2 Å². The molecule has 0 aliphatic heterocycles. The van der Waals surface area contributed by atoms with Crippen LogP contribution in [0.2, 0.25) is 0 Å². The van der Waals surface area contributed by atoms with Crippen LogP contribution in [0.4, 0.5) is 0 Å². The van der Waals surface area contributed by atoms with Crippen LogP contribution in [0, 0.1) is 5.92 Å². The first kappa shape index (κ1) is 17.0. The Labute approximate surface area is 119 Å². The van der Waals surface area contributed by atoms with Crippen LogP contribution in [-0.2, 0) is 0 Å². The van der Waals surface area contributed by atoms with Gasteiger partial charge in [-0.3, -0.25) is 0 Å². The van der Waals surface area contributed by atoms with E-state index in [1.807, 2.05) is 13.8 Å². The maximum absolute atomic E-state index is 9.68. The zero-order valence-corrected chi connectivity index (χ0v) is 13.0. The van der Waals surface area contributed by atoms with E-state index in [0.717, 1.165) is 12.8 Å². The SMILES string of the molecule is CC(O)C1CCCCC1.CC1(O)CCCCCCC1. The molecule has 2 saturated carbocycles. The second kappa shape index (κ2) is 8.97. The van der Waals surface area contributed by atoms with Crippen LogP contribution in [0.5, 0.6) is 0 Å². The van der Waals surface area contributed by atoms with E-state index < -0.39 is 0 Å². The Morgan fingerprint density at radius 3 is 1.68 bits per heavy atom. The van der Waals surface area contributed by atoms with E-state index >= 15 is 0 Å². The smallest absolute Gasteiger partial charge is 0.0619 e. The Morgan fingerprint density at radius 1 is 0.842 bits per heavy atom. The highest BCUT2D eigenvalue weighted by Crippen LogP contribution is 2.26. The van der Waals surface area contributed by atoms with Crippen molar-refractivity contribution in [3.63, 3.8) is 0 Å². The molecule has 1 atom stereocenters. The molecule has 2 fully saturated rings. The van der Waals surface area contributed by atoms with E-state index in [4.69, 9.17) is 0 Å². The van der Waals surface area contributed by atoms with Gasteiger partial charge in [-0.05, 0) is 45.4 Å². The molecule has 0 aromatic heterocycles. The lowest BCUT2D eigenvalue weighted by molar-refractivity contribution is 0.0328.